The number of amides is 1. The molecule has 0 spiro atoms. The number of hydrogen-bond acceptors (Lipinski definition) is 6. The first-order valence-electron chi connectivity index (χ1n) is 7.96. The van der Waals surface area contributed by atoms with Crippen molar-refractivity contribution >= 4 is 38.8 Å². The molecule has 148 valence electrons. The summed E-state index contributed by atoms with van der Waals surface area (Å²) in [6, 6.07) is 5.75. The number of benzene rings is 1. The summed E-state index contributed by atoms with van der Waals surface area (Å²) in [5, 5.41) is 2.99. The molecular formula is C18H16F3N3O3S. The standard InChI is InChI=1S/C18H16F3N3O3S/c1-8-6-12(18(19,20)21)24-17-13(8)14(22)15(28-17)16(25)23-10-7-9(26-2)4-5-11(10)27-3/h4-7H,22H2,1-3H3,(H,23,25). The summed E-state index contributed by atoms with van der Waals surface area (Å²) in [4.78, 5) is 16.5. The summed E-state index contributed by atoms with van der Waals surface area (Å²) in [6.45, 7) is 1.50. The largest absolute Gasteiger partial charge is 0.497 e. The minimum Gasteiger partial charge on any atom is -0.497 e. The molecule has 3 aromatic rings. The molecule has 0 bridgehead atoms. The lowest BCUT2D eigenvalue weighted by molar-refractivity contribution is -0.141. The quantitative estimate of drug-likeness (QED) is 0.661. The number of thiophene rings is 1. The maximum absolute atomic E-state index is 13.0. The van der Waals surface area contributed by atoms with E-state index in [0.717, 1.165) is 17.4 Å². The van der Waals surface area contributed by atoms with Crippen molar-refractivity contribution < 1.29 is 27.4 Å². The number of ether oxygens (including phenoxy) is 2. The molecule has 1 aromatic carbocycles. The SMILES string of the molecule is COc1ccc(OC)c(NC(=O)c2sc3nc(C(F)(F)F)cc(C)c3c2N)c1. The number of nitrogen functional groups attached to an aromatic ring is 1. The second-order valence-electron chi connectivity index (χ2n) is 5.87. The number of rotatable bonds is 4. The van der Waals surface area contributed by atoms with Gasteiger partial charge in [0.25, 0.3) is 5.91 Å². The number of aryl methyl sites for hydroxylation is 1. The van der Waals surface area contributed by atoms with Gasteiger partial charge in [-0.15, -0.1) is 11.3 Å². The number of nitrogens with two attached hydrogens (primary N) is 1. The number of anilines is 2. The summed E-state index contributed by atoms with van der Waals surface area (Å²) in [5.74, 6) is 0.301. The molecule has 0 saturated heterocycles. The van der Waals surface area contributed by atoms with E-state index in [2.05, 4.69) is 10.3 Å². The monoisotopic (exact) mass is 411 g/mol. The van der Waals surface area contributed by atoms with Crippen molar-refractivity contribution in [2.75, 3.05) is 25.3 Å². The van der Waals surface area contributed by atoms with Crippen molar-refractivity contribution in [2.24, 2.45) is 0 Å². The molecule has 6 nitrogen and oxygen atoms in total. The van der Waals surface area contributed by atoms with E-state index in [0.29, 0.717) is 28.1 Å². The highest BCUT2D eigenvalue weighted by atomic mass is 32.1. The number of nitrogens with zero attached hydrogens (tertiary/aromatic N) is 1. The average molecular weight is 411 g/mol. The number of fused-ring (bicyclic) bond motifs is 1. The Morgan fingerprint density at radius 1 is 1.21 bits per heavy atom. The number of nitrogens with one attached hydrogen (secondary N) is 1. The van der Waals surface area contributed by atoms with Crippen LogP contribution in [-0.4, -0.2) is 25.1 Å². The maximum Gasteiger partial charge on any atom is 0.433 e. The molecule has 0 saturated carbocycles. The van der Waals surface area contributed by atoms with Crippen LogP contribution in [0.5, 0.6) is 11.5 Å². The predicted molar refractivity (Wildman–Crippen MR) is 101 cm³/mol. The van der Waals surface area contributed by atoms with E-state index < -0.39 is 17.8 Å². The highest BCUT2D eigenvalue weighted by Gasteiger charge is 2.34. The molecule has 2 heterocycles. The van der Waals surface area contributed by atoms with Crippen molar-refractivity contribution in [3.05, 3.63) is 40.4 Å². The smallest absolute Gasteiger partial charge is 0.433 e. The Balaban J connectivity index is 2.03. The summed E-state index contributed by atoms with van der Waals surface area (Å²) >= 11 is 0.799. The van der Waals surface area contributed by atoms with Crippen LogP contribution in [0.25, 0.3) is 10.2 Å². The third kappa shape index (κ3) is 3.55. The summed E-state index contributed by atoms with van der Waals surface area (Å²) in [5.41, 5.74) is 5.74. The van der Waals surface area contributed by atoms with Crippen molar-refractivity contribution in [2.45, 2.75) is 13.1 Å². The van der Waals surface area contributed by atoms with Crippen LogP contribution in [0, 0.1) is 6.92 Å². The van der Waals surface area contributed by atoms with E-state index in [-0.39, 0.29) is 15.4 Å². The summed E-state index contributed by atoms with van der Waals surface area (Å²) in [7, 11) is 2.92. The molecule has 3 N–H and O–H groups in total. The van der Waals surface area contributed by atoms with Crippen molar-refractivity contribution in [1.29, 1.82) is 0 Å². The van der Waals surface area contributed by atoms with Crippen molar-refractivity contribution in [1.82, 2.24) is 4.98 Å². The molecule has 10 heteroatoms. The lowest BCUT2D eigenvalue weighted by Crippen LogP contribution is -2.13. The van der Waals surface area contributed by atoms with Gasteiger partial charge in [-0.25, -0.2) is 4.98 Å². The van der Waals surface area contributed by atoms with E-state index >= 15 is 0 Å². The topological polar surface area (TPSA) is 86.5 Å². The van der Waals surface area contributed by atoms with Gasteiger partial charge in [-0.3, -0.25) is 4.79 Å². The van der Waals surface area contributed by atoms with Crippen LogP contribution < -0.4 is 20.5 Å². The minimum atomic E-state index is -4.59. The Morgan fingerprint density at radius 2 is 1.93 bits per heavy atom. The Bertz CT molecular complexity index is 1060. The highest BCUT2D eigenvalue weighted by molar-refractivity contribution is 7.21. The predicted octanol–water partition coefficient (Wildman–Crippen LogP) is 4.48. The average Bonchev–Trinajstić information content (AvgIpc) is 2.98. The van der Waals surface area contributed by atoms with Gasteiger partial charge in [0.2, 0.25) is 0 Å². The zero-order valence-electron chi connectivity index (χ0n) is 15.1. The van der Waals surface area contributed by atoms with Gasteiger partial charge < -0.3 is 20.5 Å². The number of carbonyl (C=O) groups excluding carboxylic acids is 1. The van der Waals surface area contributed by atoms with Crippen LogP contribution in [0.3, 0.4) is 0 Å². The van der Waals surface area contributed by atoms with Crippen molar-refractivity contribution in [3.63, 3.8) is 0 Å². The van der Waals surface area contributed by atoms with Gasteiger partial charge in [-0.2, -0.15) is 13.2 Å². The number of methoxy groups -OCH3 is 2. The van der Waals surface area contributed by atoms with Crippen LogP contribution in [0.4, 0.5) is 24.5 Å². The zero-order chi connectivity index (χ0) is 20.6. The molecule has 2 aromatic heterocycles. The van der Waals surface area contributed by atoms with Crippen LogP contribution in [0.15, 0.2) is 24.3 Å². The zero-order valence-corrected chi connectivity index (χ0v) is 15.9. The van der Waals surface area contributed by atoms with E-state index in [1.165, 1.54) is 21.1 Å². The molecule has 28 heavy (non-hydrogen) atoms. The van der Waals surface area contributed by atoms with Gasteiger partial charge in [0, 0.05) is 11.5 Å². The van der Waals surface area contributed by atoms with Crippen LogP contribution in [0.2, 0.25) is 0 Å². The van der Waals surface area contributed by atoms with Crippen LogP contribution >= 0.6 is 11.3 Å². The third-order valence-electron chi connectivity index (χ3n) is 4.05. The molecule has 1 amide bonds. The lowest BCUT2D eigenvalue weighted by atomic mass is 10.1. The van der Waals surface area contributed by atoms with Gasteiger partial charge in [0.05, 0.1) is 25.6 Å². The molecule has 3 rings (SSSR count). The number of hydrogen-bond donors (Lipinski definition) is 2. The number of alkyl halides is 3. The second kappa shape index (κ2) is 7.19. The maximum atomic E-state index is 13.0. The summed E-state index contributed by atoms with van der Waals surface area (Å²) in [6.07, 6.45) is -4.59. The summed E-state index contributed by atoms with van der Waals surface area (Å²) < 4.78 is 49.4. The van der Waals surface area contributed by atoms with Crippen LogP contribution in [-0.2, 0) is 6.18 Å². The Kier molecular flexibility index (Phi) is 5.07. The first-order chi connectivity index (χ1) is 13.2. The van der Waals surface area contributed by atoms with Gasteiger partial charge in [-0.05, 0) is 30.7 Å². The van der Waals surface area contributed by atoms with Gasteiger partial charge in [0.15, 0.2) is 0 Å². The minimum absolute atomic E-state index is 0.0487. The lowest BCUT2D eigenvalue weighted by Gasteiger charge is -2.11. The Morgan fingerprint density at radius 3 is 2.54 bits per heavy atom. The van der Waals surface area contributed by atoms with E-state index in [1.54, 1.807) is 18.2 Å². The van der Waals surface area contributed by atoms with E-state index in [9.17, 15) is 18.0 Å². The molecule has 0 aliphatic rings. The number of carbonyl (C=O) groups is 1. The molecule has 0 radical (unpaired) electrons. The third-order valence-corrected chi connectivity index (χ3v) is 5.15. The van der Waals surface area contributed by atoms with Gasteiger partial charge >= 0.3 is 6.18 Å². The molecule has 0 fully saturated rings. The highest BCUT2D eigenvalue weighted by Crippen LogP contribution is 2.39. The van der Waals surface area contributed by atoms with E-state index in [1.807, 2.05) is 0 Å². The fraction of sp³-hybridized carbons (Fsp3) is 0.222. The fourth-order valence-electron chi connectivity index (χ4n) is 2.71. The Labute approximate surface area is 162 Å². The Hall–Kier alpha value is -3.01. The normalized spacial score (nSPS) is 11.5. The number of pyridine rings is 1. The van der Waals surface area contributed by atoms with E-state index in [4.69, 9.17) is 15.2 Å². The molecule has 0 unspecified atom stereocenters. The molecule has 0 aliphatic carbocycles. The first kappa shape index (κ1) is 19.7. The van der Waals surface area contributed by atoms with Crippen LogP contribution in [0.1, 0.15) is 20.9 Å². The molecular weight excluding hydrogens is 395 g/mol. The molecule has 0 aliphatic heterocycles. The first-order valence-corrected chi connectivity index (χ1v) is 8.77. The second-order valence-corrected chi connectivity index (χ2v) is 6.87. The van der Waals surface area contributed by atoms with Gasteiger partial charge in [0.1, 0.15) is 26.9 Å². The number of aromatic nitrogens is 1. The molecule has 0 atom stereocenters. The van der Waals surface area contributed by atoms with Crippen molar-refractivity contribution in [3.8, 4) is 11.5 Å². The van der Waals surface area contributed by atoms with Gasteiger partial charge in [-0.1, -0.05) is 0 Å². The fourth-order valence-corrected chi connectivity index (χ4v) is 3.78. The number of halogens is 3.